The first-order chi connectivity index (χ1) is 62.5. The van der Waals surface area contributed by atoms with Crippen LogP contribution in [-0.2, 0) is 62.3 Å². The summed E-state index contributed by atoms with van der Waals surface area (Å²) in [6.45, 7) is 32.9. The number of rotatable bonds is 3. The fraction of sp³-hybridized carbons (Fsp3) is 0.853. The van der Waals surface area contributed by atoms with Crippen molar-refractivity contribution in [2.24, 2.45) is 178 Å². The van der Waals surface area contributed by atoms with Crippen LogP contribution in [0.2, 0.25) is 5.28 Å². The minimum atomic E-state index is -5.69. The van der Waals surface area contributed by atoms with E-state index in [-0.39, 0.29) is 114 Å². The van der Waals surface area contributed by atoms with Crippen LogP contribution in [0, 0.1) is 178 Å². The summed E-state index contributed by atoms with van der Waals surface area (Å²) in [4.78, 5) is 145. The van der Waals surface area contributed by atoms with E-state index in [0.29, 0.717) is 175 Å². The number of carbonyl (C=O) groups is 12. The van der Waals surface area contributed by atoms with Gasteiger partial charge >= 0.3 is 88.0 Å². The third kappa shape index (κ3) is 22.7. The minimum absolute atomic E-state index is 0. The summed E-state index contributed by atoms with van der Waals surface area (Å²) in [5, 5.41) is 42.7. The van der Waals surface area contributed by atoms with E-state index in [9.17, 15) is 78.0 Å². The number of carbonyl (C=O) groups excluding carboxylic acids is 12. The molecule has 0 amide bonds. The molecule has 20 rings (SSSR count). The zero-order valence-electron chi connectivity index (χ0n) is 85.0. The number of hydrogen-bond acceptors (Lipinski definition) is 21. The molecule has 137 heavy (non-hydrogen) atoms. The Labute approximate surface area is 869 Å². The molecule has 0 aromatic carbocycles. The van der Waals surface area contributed by atoms with Gasteiger partial charge in [0.2, 0.25) is 0 Å². The monoisotopic (exact) mass is 2090 g/mol. The maximum Gasteiger partial charge on any atom is 0.368 e. The number of aliphatic hydroxyl groups is 4. The van der Waals surface area contributed by atoms with Gasteiger partial charge in [-0.3, -0.25) is 67.8 Å². The molecule has 0 saturated heterocycles. The van der Waals surface area contributed by atoms with Crippen LogP contribution in [-0.4, -0.2) is 182 Å². The minimum Gasteiger partial charge on any atom is -0.256 e. The number of ether oxygens (including phenoxy) is 1. The van der Waals surface area contributed by atoms with Crippen molar-refractivity contribution < 1.29 is 117 Å². The van der Waals surface area contributed by atoms with E-state index in [1.54, 1.807) is 11.6 Å². The quantitative estimate of drug-likeness (QED) is 0.0576. The van der Waals surface area contributed by atoms with E-state index >= 15 is 0 Å². The molecule has 20 aliphatic carbocycles. The second-order valence-electron chi connectivity index (χ2n) is 48.9. The third-order valence-corrected chi connectivity index (χ3v) is 44.8. The van der Waals surface area contributed by atoms with E-state index in [2.05, 4.69) is 87.0 Å². The first kappa shape index (κ1) is 119. The average Bonchev–Trinajstić information content (AvgIpc) is 1.59. The van der Waals surface area contributed by atoms with Gasteiger partial charge in [-0.2, -0.15) is 0 Å². The predicted molar refractivity (Wildman–Crippen MR) is 525 cm³/mol. The Bertz CT molecular complexity index is 4390. The van der Waals surface area contributed by atoms with Crippen LogP contribution in [0.4, 0.5) is 0 Å². The Morgan fingerprint density at radius 3 is 1.25 bits per heavy atom. The normalized spacial score (nSPS) is 45.7. The van der Waals surface area contributed by atoms with Crippen LogP contribution >= 0.6 is 20.1 Å². The number of fused-ring (bicyclic) bond motifs is 25. The zero-order valence-corrected chi connectivity index (χ0v) is 93.8. The summed E-state index contributed by atoms with van der Waals surface area (Å²) in [5.74, 6) is 11.2. The Balaban J connectivity index is 0.000000182. The molecular weight excluding hydrogens is 1930 g/mol. The fourth-order valence-corrected chi connectivity index (χ4v) is 35.6. The van der Waals surface area contributed by atoms with Crippen LogP contribution in [0.1, 0.15) is 376 Å². The molecule has 0 bridgehead atoms. The number of Topliss-reactive ketones (excluding diaryl/α,β-unsaturated/α-hetero) is 9. The van der Waals surface area contributed by atoms with Gasteiger partial charge in [0.1, 0.15) is 58.5 Å². The summed E-state index contributed by atoms with van der Waals surface area (Å²) in [7, 11) is 10.7. The topological polar surface area (TPSA) is 384 Å². The molecule has 3 radical (unpaired) electrons. The van der Waals surface area contributed by atoms with Crippen molar-refractivity contribution in [2.75, 3.05) is 6.61 Å². The second-order valence-corrected chi connectivity index (χ2v) is 56.6. The summed E-state index contributed by atoms with van der Waals surface area (Å²) >= 11 is -4.01. The molecule has 17 unspecified atom stereocenters. The van der Waals surface area contributed by atoms with Gasteiger partial charge in [0.15, 0.2) is 11.6 Å². The second kappa shape index (κ2) is 46.2. The van der Waals surface area contributed by atoms with E-state index in [1.807, 2.05) is 20.8 Å². The molecule has 5 N–H and O–H groups in total. The Kier molecular flexibility index (Phi) is 40.2. The van der Waals surface area contributed by atoms with E-state index in [1.165, 1.54) is 140 Å². The summed E-state index contributed by atoms with van der Waals surface area (Å²) in [6, 6.07) is 0. The van der Waals surface area contributed by atoms with Crippen LogP contribution in [0.3, 0.4) is 0 Å². The van der Waals surface area contributed by atoms with Gasteiger partial charge < -0.3 is 25.2 Å². The van der Waals surface area contributed by atoms with Crippen LogP contribution in [0.25, 0.3) is 0 Å². The van der Waals surface area contributed by atoms with Crippen molar-refractivity contribution >= 4 is 154 Å². The van der Waals surface area contributed by atoms with Gasteiger partial charge in [-0.25, -0.2) is 20.1 Å². The fourth-order valence-electron chi connectivity index (χ4n) is 35.6. The van der Waals surface area contributed by atoms with Crippen molar-refractivity contribution in [1.29, 1.82) is 0 Å². The molecule has 28 heteroatoms. The molecule has 34 atom stereocenters. The Hall–Kier alpha value is -1.09. The van der Waals surface area contributed by atoms with Gasteiger partial charge in [-0.05, 0) is 319 Å². The molecule has 0 spiro atoms. The van der Waals surface area contributed by atoms with Crippen molar-refractivity contribution in [2.45, 2.75) is 399 Å². The number of aliphatic hydroxyl groups excluding tert-OH is 3. The number of ketones is 10. The maximum atomic E-state index is 13.4. The first-order valence-electron chi connectivity index (χ1n) is 52.5. The van der Waals surface area contributed by atoms with Crippen LogP contribution < -0.4 is 30.4 Å². The maximum absolute atomic E-state index is 13.4. The zero-order chi connectivity index (χ0) is 99.1. The number of hydrogen-bond donors (Lipinski definition) is 5. The molecule has 0 heterocycles. The molecular formula is C109H168AlBCl2INa2O21. The van der Waals surface area contributed by atoms with Gasteiger partial charge in [0.25, 0.3) is 0 Å². The average molecular weight is 2100 g/mol. The van der Waals surface area contributed by atoms with E-state index in [4.69, 9.17) is 33.8 Å². The van der Waals surface area contributed by atoms with Crippen molar-refractivity contribution in [3.05, 3.63) is 23.3 Å². The van der Waals surface area contributed by atoms with Gasteiger partial charge in [0, 0.05) is 135 Å². The molecule has 759 valence electrons. The van der Waals surface area contributed by atoms with Crippen molar-refractivity contribution in [3.8, 4) is 0 Å². The molecule has 0 aromatic rings. The molecule has 19 fully saturated rings. The smallest absolute Gasteiger partial charge is 0.256 e. The molecule has 0 aliphatic heterocycles. The first-order valence-corrected chi connectivity index (χ1v) is 68.4. The van der Waals surface area contributed by atoms with Gasteiger partial charge in [0.05, 0.1) is 12.2 Å². The summed E-state index contributed by atoms with van der Waals surface area (Å²) in [6.07, 6.45) is 40.0. The molecule has 20 aliphatic rings. The molecule has 19 saturated carbocycles. The molecule has 0 aromatic heterocycles. The third-order valence-electron chi connectivity index (χ3n) is 42.3. The van der Waals surface area contributed by atoms with Crippen LogP contribution in [0.5, 0.6) is 0 Å². The van der Waals surface area contributed by atoms with Crippen molar-refractivity contribution in [1.82, 2.24) is 0 Å². The van der Waals surface area contributed by atoms with Gasteiger partial charge in [-0.15, -0.1) is 0 Å². The SMILES string of the molecule is C.C.C/C=C1/CCC2C3CC[C@@H]4C[C@@H](C)CC[C@]4(C)C3C(=O)C[C@]12C.CC(=O)OC(C)=O.C[C@H]1CC[C@]2(C)C3C(=O)C[C@]4(C)C(=O)CCC4C3CC[C@@H]2C1.C[C@]12CCC(=O)C=C1CCC1C2[C@@H](O)C[C@@]2(C)C1CC[C@]2(O)C(=O)CO.C[C@]12CCC(=O)CC1CCC1C2C(=O)C[C@]2(C)C(=O)CCC12.C[C@]12CC[C@H](O)CC1CCC1C2C(=O)C[C@]2(C)C(=O)CCC12.C[CH2][Al]([Cl])[Cl].[B].[Na][Na].[O-][I+3]([O-])([O-])O. The number of allylic oxidation sites excluding steroid dienone is 3. The Morgan fingerprint density at radius 2 is 0.861 bits per heavy atom. The van der Waals surface area contributed by atoms with Gasteiger partial charge in [-0.1, -0.05) is 140 Å². The summed E-state index contributed by atoms with van der Waals surface area (Å²) < 4.78 is 37.2. The van der Waals surface area contributed by atoms with E-state index in [0.717, 1.165) is 144 Å². The van der Waals surface area contributed by atoms with Crippen molar-refractivity contribution in [3.63, 3.8) is 0 Å². The van der Waals surface area contributed by atoms with E-state index < -0.39 is 73.8 Å². The Morgan fingerprint density at radius 1 is 0.489 bits per heavy atom. The summed E-state index contributed by atoms with van der Waals surface area (Å²) in [5.41, 5.74) is 0.0747. The number of halogens is 3. The van der Waals surface area contributed by atoms with Crippen LogP contribution in [0.15, 0.2) is 23.3 Å². The standard InChI is InChI=1S/C22H34O.C21H30O5.C20H30O2.C19H28O3.C19H26O3.C4H6O3.C2H5.2CH4.Al.B.2ClH.HIO4.2Na/c1-5-15-7-9-18-17-8-6-16-12-14(2)10-11-21(16,3)20(17)19(23)13-22(15,18)4;1-19-7-5-13(23)9-12(19)3-4-14-15-6-8-21(26,17(25)11-22)20(15,2)10-16(24)18(14)19;1-12-8-9-19(2)13(10-12)4-5-14-15-6-7-17(22)20(15,3)11-16(21)18(14)19;2*1-18-8-7-12(20)9-11(18)3-4-13-14-5-6-16(22)19(14,2)10-15(21)17(13)18;1-3(5)7-4(2)6;1-2;;;;;;;2-1(3,4)5;;/h5,14,16-18,20H,6-13H2,1-4H3;9,14-16,18,22,24,26H,3-8,10-11H2,1-2H3;12-15,18H,4-11H2,1-3H3;11-14,17,20H,3-10H2,1-2H3;11,13-14,17H,3-10H2,1-2H3;1-2H3;1H2,2H3;2*1H4;;;2*1H;2H;;/q;;;;;;;;;+2;;;;;;/p-2/b15-5-;;;;;;;;;;;;;;;/t14-,16+,17?,18?,20?,21-,22+;14?,15?,16-,18?,19-,20-,21-;12-,13+,14?,15?,18?,19-,20-;11?,12-,13?,14?,17?,18-,19-;11?,13?,14?,17?,18-,19-;;;;;;;;;;;/m00000.........../s1. The predicted octanol–water partition coefficient (Wildman–Crippen LogP) is 13.5. The number of esters is 2. The largest absolute Gasteiger partial charge is 0.368 e. The molecule has 21 nitrogen and oxygen atoms in total.